The molecule has 2 unspecified atom stereocenters. The minimum absolute atomic E-state index is 0.00820. The Bertz CT molecular complexity index is 1570. The van der Waals surface area contributed by atoms with E-state index in [2.05, 4.69) is 36.1 Å². The molecular weight excluding hydrogens is 630 g/mol. The van der Waals surface area contributed by atoms with E-state index >= 15 is 0 Å². The molecule has 1 aliphatic heterocycles. The second kappa shape index (κ2) is 10.8. The molecule has 0 saturated carbocycles. The van der Waals surface area contributed by atoms with Gasteiger partial charge in [0.1, 0.15) is 36.3 Å². The van der Waals surface area contributed by atoms with E-state index in [9.17, 15) is 41.7 Å². The first-order valence-electron chi connectivity index (χ1n) is 11.8. The summed E-state index contributed by atoms with van der Waals surface area (Å²) in [4.78, 5) is 7.62. The van der Waals surface area contributed by atoms with Crippen LogP contribution < -0.4 is 0 Å². The maximum absolute atomic E-state index is 13.8. The zero-order valence-corrected chi connectivity index (χ0v) is 22.2. The lowest BCUT2D eigenvalue weighted by Crippen LogP contribution is -2.53. The van der Waals surface area contributed by atoms with Gasteiger partial charge in [0.2, 0.25) is 0 Å². The van der Waals surface area contributed by atoms with Crippen LogP contribution in [-0.2, 0) is 10.9 Å². The van der Waals surface area contributed by atoms with Crippen LogP contribution in [-0.4, -0.2) is 69.8 Å². The Labute approximate surface area is 235 Å². The lowest BCUT2D eigenvalue weighted by molar-refractivity contribution is -0.210. The van der Waals surface area contributed by atoms with Crippen LogP contribution in [0.4, 0.5) is 26.3 Å². The van der Waals surface area contributed by atoms with Gasteiger partial charge in [-0.1, -0.05) is 0 Å². The largest absolute Gasteiger partial charge is 0.435 e. The molecule has 3 N–H and O–H groups in total. The molecule has 0 amide bonds. The predicted octanol–water partition coefficient (Wildman–Crippen LogP) is 3.43. The Morgan fingerprint density at radius 1 is 1.02 bits per heavy atom. The molecule has 1 saturated heterocycles. The standard InChI is InChI=1S/C24H19BrF6N6O4/c1-9-34-23(37(35-9)15-4-12(25)6-32-22(15)24(29,30)31)21-20(40)18(19(39)16(8-38)41-21)36-7-11(5-33-36)10-2-13(26)17(28)14(27)3-10/h2-7,16,18-21,38-40H,8H2,1H3/t16?,18?,19-,20-,21+/m0/s1. The molecule has 1 aromatic carbocycles. The fraction of sp³-hybridized carbons (Fsp3) is 0.333. The molecule has 0 aliphatic carbocycles. The number of hydrogen-bond acceptors (Lipinski definition) is 8. The van der Waals surface area contributed by atoms with Crippen molar-refractivity contribution in [3.8, 4) is 16.8 Å². The van der Waals surface area contributed by atoms with Crippen LogP contribution in [0.2, 0.25) is 0 Å². The molecule has 218 valence electrons. The number of halogens is 7. The zero-order chi connectivity index (χ0) is 29.8. The van der Waals surface area contributed by atoms with Gasteiger partial charge >= 0.3 is 6.18 Å². The van der Waals surface area contributed by atoms with Gasteiger partial charge in [0, 0.05) is 22.4 Å². The van der Waals surface area contributed by atoms with Gasteiger partial charge in [-0.15, -0.1) is 0 Å². The third kappa shape index (κ3) is 5.34. The van der Waals surface area contributed by atoms with E-state index in [1.807, 2.05) is 0 Å². The smallest absolute Gasteiger partial charge is 0.394 e. The highest BCUT2D eigenvalue weighted by molar-refractivity contribution is 9.10. The summed E-state index contributed by atoms with van der Waals surface area (Å²) in [5.74, 6) is -4.86. The molecule has 41 heavy (non-hydrogen) atoms. The molecule has 17 heteroatoms. The number of rotatable bonds is 5. The zero-order valence-electron chi connectivity index (χ0n) is 20.6. The van der Waals surface area contributed by atoms with Crippen LogP contribution in [0, 0.1) is 24.4 Å². The molecule has 0 bridgehead atoms. The maximum atomic E-state index is 13.8. The van der Waals surface area contributed by atoms with E-state index in [0.29, 0.717) is 0 Å². The number of aryl methyl sites for hydroxylation is 1. The Hall–Kier alpha value is -3.38. The van der Waals surface area contributed by atoms with E-state index in [4.69, 9.17) is 4.74 Å². The van der Waals surface area contributed by atoms with Crippen LogP contribution in [0.15, 0.2) is 41.3 Å². The van der Waals surface area contributed by atoms with Crippen molar-refractivity contribution in [3.05, 3.63) is 76.1 Å². The Balaban J connectivity index is 1.58. The number of aliphatic hydroxyl groups excluding tert-OH is 3. The summed E-state index contributed by atoms with van der Waals surface area (Å²) >= 11 is 3.09. The molecule has 5 rings (SSSR count). The third-order valence-corrected chi connectivity index (χ3v) is 6.87. The molecule has 0 radical (unpaired) electrons. The second-order valence-electron chi connectivity index (χ2n) is 9.16. The molecule has 1 aliphatic rings. The number of nitrogens with zero attached hydrogens (tertiary/aromatic N) is 6. The van der Waals surface area contributed by atoms with Crippen molar-refractivity contribution in [2.45, 2.75) is 43.6 Å². The minimum atomic E-state index is -4.89. The lowest BCUT2D eigenvalue weighted by Gasteiger charge is -2.41. The number of alkyl halides is 3. The van der Waals surface area contributed by atoms with Gasteiger partial charge in [0.25, 0.3) is 0 Å². The SMILES string of the molecule is Cc1nc([C@@H]2OC(CO)[C@H](O)C(n3cc(-c4cc(F)c(F)c(F)c4)cn3)[C@@H]2O)n(-c2cc(Br)cnc2C(F)(F)F)n1. The molecule has 10 nitrogen and oxygen atoms in total. The molecule has 3 aromatic heterocycles. The number of ether oxygens (including phenoxy) is 1. The van der Waals surface area contributed by atoms with Crippen LogP contribution in [0.25, 0.3) is 16.8 Å². The number of benzene rings is 1. The normalized spacial score (nSPS) is 23.2. The highest BCUT2D eigenvalue weighted by Crippen LogP contribution is 2.40. The highest BCUT2D eigenvalue weighted by Gasteiger charge is 2.49. The maximum Gasteiger partial charge on any atom is 0.435 e. The number of hydrogen-bond donors (Lipinski definition) is 3. The molecule has 0 spiro atoms. The summed E-state index contributed by atoms with van der Waals surface area (Å²) in [6, 6.07) is 1.15. The van der Waals surface area contributed by atoms with Crippen molar-refractivity contribution >= 4 is 15.9 Å². The first-order chi connectivity index (χ1) is 19.3. The van der Waals surface area contributed by atoms with E-state index in [0.717, 1.165) is 40.0 Å². The van der Waals surface area contributed by atoms with Gasteiger partial charge in [-0.05, 0) is 46.6 Å². The van der Waals surface area contributed by atoms with Crippen LogP contribution in [0.5, 0.6) is 0 Å². The summed E-state index contributed by atoms with van der Waals surface area (Å²) in [6.07, 6.45) is -7.91. The van der Waals surface area contributed by atoms with E-state index in [1.54, 1.807) is 0 Å². The molecule has 4 heterocycles. The van der Waals surface area contributed by atoms with Gasteiger partial charge in [0.05, 0.1) is 18.5 Å². The van der Waals surface area contributed by atoms with Gasteiger partial charge in [0.15, 0.2) is 29.0 Å². The minimum Gasteiger partial charge on any atom is -0.394 e. The molecule has 4 aromatic rings. The Morgan fingerprint density at radius 2 is 1.71 bits per heavy atom. The first kappa shape index (κ1) is 29.1. The molecule has 1 fully saturated rings. The molecular formula is C24H19BrF6N6O4. The summed E-state index contributed by atoms with van der Waals surface area (Å²) in [7, 11) is 0. The quantitative estimate of drug-likeness (QED) is 0.222. The fourth-order valence-electron chi connectivity index (χ4n) is 4.60. The monoisotopic (exact) mass is 648 g/mol. The number of aliphatic hydroxyl groups is 3. The Kier molecular flexibility index (Phi) is 7.66. The van der Waals surface area contributed by atoms with Crippen molar-refractivity contribution < 1.29 is 46.4 Å². The van der Waals surface area contributed by atoms with Crippen molar-refractivity contribution in [2.24, 2.45) is 0 Å². The fourth-order valence-corrected chi connectivity index (χ4v) is 4.92. The molecule has 5 atom stereocenters. The first-order valence-corrected chi connectivity index (χ1v) is 12.6. The summed E-state index contributed by atoms with van der Waals surface area (Å²) in [6.45, 7) is 0.618. The van der Waals surface area contributed by atoms with Gasteiger partial charge in [-0.25, -0.2) is 27.8 Å². The topological polar surface area (TPSA) is 131 Å². The van der Waals surface area contributed by atoms with Crippen LogP contribution >= 0.6 is 15.9 Å². The van der Waals surface area contributed by atoms with Gasteiger partial charge in [-0.2, -0.15) is 23.4 Å². The van der Waals surface area contributed by atoms with E-state index < -0.39 is 72.1 Å². The number of pyridine rings is 1. The van der Waals surface area contributed by atoms with Crippen molar-refractivity contribution in [1.29, 1.82) is 0 Å². The predicted molar refractivity (Wildman–Crippen MR) is 130 cm³/mol. The van der Waals surface area contributed by atoms with E-state index in [1.165, 1.54) is 13.1 Å². The average Bonchev–Trinajstić information content (AvgIpc) is 3.53. The van der Waals surface area contributed by atoms with Gasteiger partial charge < -0.3 is 20.1 Å². The third-order valence-electron chi connectivity index (χ3n) is 6.44. The van der Waals surface area contributed by atoms with Crippen LogP contribution in [0.3, 0.4) is 0 Å². The summed E-state index contributed by atoms with van der Waals surface area (Å²) in [5.41, 5.74) is -1.86. The highest BCUT2D eigenvalue weighted by atomic mass is 79.9. The van der Waals surface area contributed by atoms with E-state index in [-0.39, 0.29) is 27.2 Å². The summed E-state index contributed by atoms with van der Waals surface area (Å²) in [5, 5.41) is 40.3. The average molecular weight is 649 g/mol. The lowest BCUT2D eigenvalue weighted by atomic mass is 9.92. The van der Waals surface area contributed by atoms with Crippen molar-refractivity contribution in [3.63, 3.8) is 0 Å². The second-order valence-corrected chi connectivity index (χ2v) is 10.1. The summed E-state index contributed by atoms with van der Waals surface area (Å²) < 4.78 is 90.2. The van der Waals surface area contributed by atoms with Crippen LogP contribution in [0.1, 0.15) is 29.5 Å². The van der Waals surface area contributed by atoms with Gasteiger partial charge in [-0.3, -0.25) is 4.68 Å². The number of aromatic nitrogens is 6. The Morgan fingerprint density at radius 3 is 2.34 bits per heavy atom. The van der Waals surface area contributed by atoms with Crippen molar-refractivity contribution in [2.75, 3.05) is 6.61 Å². The van der Waals surface area contributed by atoms with Crippen molar-refractivity contribution in [1.82, 2.24) is 29.5 Å².